The maximum Gasteiger partial charge on any atom is 0.303 e. The van der Waals surface area contributed by atoms with Gasteiger partial charge in [-0.3, -0.25) is 10.2 Å². The largest absolute Gasteiger partial charge is 0.455 e. The van der Waals surface area contributed by atoms with Crippen LogP contribution in [0.25, 0.3) is 11.1 Å². The normalized spacial score (nSPS) is 38.4. The standard InChI is InChI=1S/C16H16N4O2/c1-2-4-11-10(3-1)18-14(21-11)19-13-17-8-16(22-13)9-20-6-5-15(20)7-12(15)16/h1-4,12H,5-9H2,(H,17,18,19). The molecule has 1 aromatic carbocycles. The number of nitrogens with zero attached hydrogens (tertiary/aromatic N) is 3. The monoisotopic (exact) mass is 296 g/mol. The summed E-state index contributed by atoms with van der Waals surface area (Å²) in [5.74, 6) is 0.653. The molecule has 1 saturated carbocycles. The SMILES string of the molecule is c1ccc2oc(NC3=NCC4(CN5CCC56CC46)O3)nc2c1. The Morgan fingerprint density at radius 3 is 3.00 bits per heavy atom. The second kappa shape index (κ2) is 3.46. The van der Waals surface area contributed by atoms with Gasteiger partial charge in [0, 0.05) is 24.5 Å². The lowest BCUT2D eigenvalue weighted by Gasteiger charge is -2.39. The molecule has 1 aromatic heterocycles. The maximum atomic E-state index is 6.24. The Morgan fingerprint density at radius 1 is 1.32 bits per heavy atom. The van der Waals surface area contributed by atoms with Crippen molar-refractivity contribution in [1.82, 2.24) is 9.88 Å². The molecule has 6 nitrogen and oxygen atoms in total. The van der Waals surface area contributed by atoms with Crippen LogP contribution in [0.1, 0.15) is 12.8 Å². The minimum absolute atomic E-state index is 0.106. The highest BCUT2D eigenvalue weighted by atomic mass is 16.5. The zero-order valence-corrected chi connectivity index (χ0v) is 12.1. The van der Waals surface area contributed by atoms with Crippen molar-refractivity contribution >= 4 is 23.1 Å². The van der Waals surface area contributed by atoms with Crippen molar-refractivity contribution in [2.45, 2.75) is 24.0 Å². The van der Waals surface area contributed by atoms with E-state index in [4.69, 9.17) is 9.15 Å². The summed E-state index contributed by atoms with van der Waals surface area (Å²) < 4.78 is 11.9. The molecule has 1 aliphatic carbocycles. The van der Waals surface area contributed by atoms with Gasteiger partial charge in [-0.2, -0.15) is 4.98 Å². The van der Waals surface area contributed by atoms with E-state index in [-0.39, 0.29) is 5.60 Å². The van der Waals surface area contributed by atoms with Crippen LogP contribution in [0.3, 0.4) is 0 Å². The van der Waals surface area contributed by atoms with Crippen molar-refractivity contribution in [3.63, 3.8) is 0 Å². The van der Waals surface area contributed by atoms with E-state index in [1.54, 1.807) is 0 Å². The Morgan fingerprint density at radius 2 is 2.27 bits per heavy atom. The van der Waals surface area contributed by atoms with Gasteiger partial charge in [0.15, 0.2) is 5.58 Å². The molecule has 6 rings (SSSR count). The van der Waals surface area contributed by atoms with E-state index in [0.717, 1.165) is 24.2 Å². The molecule has 3 aliphatic heterocycles. The third-order valence-corrected chi connectivity index (χ3v) is 5.88. The first-order valence-electron chi connectivity index (χ1n) is 7.89. The summed E-state index contributed by atoms with van der Waals surface area (Å²) in [7, 11) is 0. The molecule has 0 amide bonds. The number of nitrogens with one attached hydrogen (secondary N) is 1. The molecule has 4 heterocycles. The molecule has 4 aliphatic rings. The van der Waals surface area contributed by atoms with E-state index in [2.05, 4.69) is 20.2 Å². The lowest BCUT2D eigenvalue weighted by atomic mass is 9.98. The summed E-state index contributed by atoms with van der Waals surface area (Å²) in [6.07, 6.45) is 2.61. The number of oxazole rings is 1. The molecule has 0 bridgehead atoms. The molecule has 2 aromatic rings. The van der Waals surface area contributed by atoms with E-state index in [0.29, 0.717) is 23.5 Å². The minimum Gasteiger partial charge on any atom is -0.455 e. The third kappa shape index (κ3) is 1.26. The van der Waals surface area contributed by atoms with Gasteiger partial charge >= 0.3 is 6.01 Å². The second-order valence-corrected chi connectivity index (χ2v) is 6.93. The van der Waals surface area contributed by atoms with Crippen molar-refractivity contribution < 1.29 is 9.15 Å². The van der Waals surface area contributed by atoms with Crippen LogP contribution in [-0.4, -0.2) is 46.7 Å². The summed E-state index contributed by atoms with van der Waals surface area (Å²) >= 11 is 0. The number of hydrogen-bond donors (Lipinski definition) is 1. The Hall–Kier alpha value is -2.08. The molecule has 2 saturated heterocycles. The van der Waals surface area contributed by atoms with Gasteiger partial charge in [0.2, 0.25) is 0 Å². The highest BCUT2D eigenvalue weighted by Crippen LogP contribution is 2.67. The van der Waals surface area contributed by atoms with Crippen LogP contribution in [0, 0.1) is 5.92 Å². The number of aliphatic imine (C=N–C) groups is 1. The molecular weight excluding hydrogens is 280 g/mol. The van der Waals surface area contributed by atoms with Crippen LogP contribution >= 0.6 is 0 Å². The highest BCUT2D eigenvalue weighted by molar-refractivity contribution is 5.90. The number of hydrogen-bond acceptors (Lipinski definition) is 6. The summed E-state index contributed by atoms with van der Waals surface area (Å²) in [5.41, 5.74) is 1.97. The van der Waals surface area contributed by atoms with Crippen LogP contribution in [0.15, 0.2) is 33.7 Å². The number of amidine groups is 1. The molecule has 3 fully saturated rings. The number of anilines is 1. The van der Waals surface area contributed by atoms with Crippen molar-refractivity contribution in [3.05, 3.63) is 24.3 Å². The van der Waals surface area contributed by atoms with Crippen molar-refractivity contribution in [2.24, 2.45) is 10.9 Å². The predicted octanol–water partition coefficient (Wildman–Crippen LogP) is 1.84. The third-order valence-electron chi connectivity index (χ3n) is 5.88. The maximum absolute atomic E-state index is 6.24. The lowest BCUT2D eigenvalue weighted by Crippen LogP contribution is -2.49. The average Bonchev–Trinajstić information content (AvgIpc) is 2.95. The van der Waals surface area contributed by atoms with Crippen LogP contribution in [0.5, 0.6) is 0 Å². The van der Waals surface area contributed by atoms with Gasteiger partial charge in [-0.1, -0.05) is 12.1 Å². The van der Waals surface area contributed by atoms with Gasteiger partial charge < -0.3 is 9.15 Å². The van der Waals surface area contributed by atoms with E-state index in [1.165, 1.54) is 19.4 Å². The fraction of sp³-hybridized carbons (Fsp3) is 0.500. The first-order valence-corrected chi connectivity index (χ1v) is 7.89. The smallest absolute Gasteiger partial charge is 0.303 e. The zero-order valence-electron chi connectivity index (χ0n) is 12.1. The summed E-state index contributed by atoms with van der Waals surface area (Å²) in [6.45, 7) is 2.98. The number of ether oxygens (including phenoxy) is 1. The van der Waals surface area contributed by atoms with Crippen molar-refractivity contribution in [1.29, 1.82) is 0 Å². The van der Waals surface area contributed by atoms with Gasteiger partial charge in [-0.15, -0.1) is 0 Å². The molecule has 6 heteroatoms. The topological polar surface area (TPSA) is 62.9 Å². The fourth-order valence-electron chi connectivity index (χ4n) is 4.63. The molecular formula is C16H16N4O2. The number of benzene rings is 1. The van der Waals surface area contributed by atoms with E-state index >= 15 is 0 Å². The quantitative estimate of drug-likeness (QED) is 0.870. The molecule has 3 atom stereocenters. The van der Waals surface area contributed by atoms with Gasteiger partial charge in [0.25, 0.3) is 6.02 Å². The number of aromatic nitrogens is 1. The number of para-hydroxylation sites is 2. The Balaban J connectivity index is 1.24. The minimum atomic E-state index is -0.106. The molecule has 3 unspecified atom stereocenters. The van der Waals surface area contributed by atoms with Crippen LogP contribution in [0.4, 0.5) is 6.01 Å². The molecule has 1 N–H and O–H groups in total. The van der Waals surface area contributed by atoms with E-state index < -0.39 is 0 Å². The fourth-order valence-corrected chi connectivity index (χ4v) is 4.63. The lowest BCUT2D eigenvalue weighted by molar-refractivity contribution is 0.0433. The molecule has 2 spiro atoms. The van der Waals surface area contributed by atoms with Gasteiger partial charge in [0.05, 0.1) is 6.54 Å². The average molecular weight is 296 g/mol. The molecule has 0 radical (unpaired) electrons. The van der Waals surface area contributed by atoms with Crippen LogP contribution in [-0.2, 0) is 4.74 Å². The van der Waals surface area contributed by atoms with Crippen LogP contribution < -0.4 is 5.32 Å². The number of fused-ring (bicyclic) bond motifs is 2. The number of rotatable bonds is 1. The Kier molecular flexibility index (Phi) is 1.80. The van der Waals surface area contributed by atoms with E-state index in [9.17, 15) is 0 Å². The number of piperidine rings is 1. The van der Waals surface area contributed by atoms with Gasteiger partial charge in [0.1, 0.15) is 11.1 Å². The van der Waals surface area contributed by atoms with Crippen LogP contribution in [0.2, 0.25) is 0 Å². The van der Waals surface area contributed by atoms with E-state index in [1.807, 2.05) is 24.3 Å². The summed E-state index contributed by atoms with van der Waals surface area (Å²) in [4.78, 5) is 11.6. The second-order valence-electron chi connectivity index (χ2n) is 6.93. The Bertz CT molecular complexity index is 797. The predicted molar refractivity (Wildman–Crippen MR) is 80.8 cm³/mol. The first kappa shape index (κ1) is 11.5. The first-order chi connectivity index (χ1) is 10.8. The molecule has 112 valence electrons. The van der Waals surface area contributed by atoms with Gasteiger partial charge in [-0.25, -0.2) is 4.99 Å². The summed E-state index contributed by atoms with van der Waals surface area (Å²) in [6, 6.07) is 8.72. The zero-order chi connectivity index (χ0) is 14.4. The summed E-state index contributed by atoms with van der Waals surface area (Å²) in [5, 5.41) is 3.10. The van der Waals surface area contributed by atoms with Crippen molar-refractivity contribution in [2.75, 3.05) is 25.0 Å². The Labute approximate surface area is 127 Å². The highest BCUT2D eigenvalue weighted by Gasteiger charge is 2.77. The van der Waals surface area contributed by atoms with Crippen molar-refractivity contribution in [3.8, 4) is 0 Å². The molecule has 22 heavy (non-hydrogen) atoms. The van der Waals surface area contributed by atoms with Gasteiger partial charge in [-0.05, 0) is 25.0 Å².